The summed E-state index contributed by atoms with van der Waals surface area (Å²) in [5.41, 5.74) is 1.51. The molecule has 0 radical (unpaired) electrons. The molecule has 0 aliphatic rings. The van der Waals surface area contributed by atoms with Gasteiger partial charge < -0.3 is 0 Å². The van der Waals surface area contributed by atoms with Crippen LogP contribution in [0.2, 0.25) is 5.02 Å². The van der Waals surface area contributed by atoms with E-state index in [-0.39, 0.29) is 5.41 Å². The average Bonchev–Trinajstić information content (AvgIpc) is 2.21. The van der Waals surface area contributed by atoms with Crippen LogP contribution in [0.1, 0.15) is 25.8 Å². The van der Waals surface area contributed by atoms with Gasteiger partial charge in [0.25, 0.3) is 0 Å². The smallest absolute Gasteiger partial charge is 0.0406 e. The molecule has 0 saturated carbocycles. The molecule has 0 bridgehead atoms. The van der Waals surface area contributed by atoms with E-state index in [4.69, 9.17) is 23.2 Å². The standard InChI is InChI=1S/C12H16Cl2/c1-3-12(2,9-13)8-10-4-6-11(14)7-5-10/h4-7H,3,8-9H2,1-2H3. The molecule has 14 heavy (non-hydrogen) atoms. The van der Waals surface area contributed by atoms with E-state index in [0.29, 0.717) is 5.88 Å². The summed E-state index contributed by atoms with van der Waals surface area (Å²) in [7, 11) is 0. The lowest BCUT2D eigenvalue weighted by molar-refractivity contribution is 0.355. The first kappa shape index (κ1) is 11.9. The van der Waals surface area contributed by atoms with Crippen LogP contribution >= 0.6 is 23.2 Å². The lowest BCUT2D eigenvalue weighted by atomic mass is 9.83. The van der Waals surface area contributed by atoms with Crippen LogP contribution in [0.5, 0.6) is 0 Å². The highest BCUT2D eigenvalue weighted by Crippen LogP contribution is 2.28. The van der Waals surface area contributed by atoms with Crippen molar-refractivity contribution in [1.82, 2.24) is 0 Å². The minimum atomic E-state index is 0.204. The van der Waals surface area contributed by atoms with Crippen molar-refractivity contribution in [2.45, 2.75) is 26.7 Å². The van der Waals surface area contributed by atoms with Gasteiger partial charge >= 0.3 is 0 Å². The Bertz CT molecular complexity index is 273. The molecule has 0 aliphatic carbocycles. The summed E-state index contributed by atoms with van der Waals surface area (Å²) in [4.78, 5) is 0. The van der Waals surface area contributed by atoms with Crippen molar-refractivity contribution >= 4 is 23.2 Å². The van der Waals surface area contributed by atoms with Gasteiger partial charge in [-0.25, -0.2) is 0 Å². The average molecular weight is 231 g/mol. The van der Waals surface area contributed by atoms with Crippen LogP contribution in [0.15, 0.2) is 24.3 Å². The zero-order chi connectivity index (χ0) is 10.6. The summed E-state index contributed by atoms with van der Waals surface area (Å²) < 4.78 is 0. The van der Waals surface area contributed by atoms with E-state index >= 15 is 0 Å². The van der Waals surface area contributed by atoms with Crippen molar-refractivity contribution in [2.24, 2.45) is 5.41 Å². The third-order valence-corrected chi connectivity index (χ3v) is 3.62. The second-order valence-electron chi connectivity index (χ2n) is 4.10. The SMILES string of the molecule is CCC(C)(CCl)Cc1ccc(Cl)cc1. The van der Waals surface area contributed by atoms with E-state index in [1.165, 1.54) is 5.56 Å². The number of halogens is 2. The lowest BCUT2D eigenvalue weighted by Crippen LogP contribution is -2.20. The molecule has 1 rings (SSSR count). The molecular formula is C12H16Cl2. The maximum Gasteiger partial charge on any atom is 0.0406 e. The number of rotatable bonds is 4. The van der Waals surface area contributed by atoms with Gasteiger partial charge in [-0.3, -0.25) is 0 Å². The summed E-state index contributed by atoms with van der Waals surface area (Å²) in [6.45, 7) is 4.40. The van der Waals surface area contributed by atoms with E-state index in [0.717, 1.165) is 17.9 Å². The quantitative estimate of drug-likeness (QED) is 0.667. The lowest BCUT2D eigenvalue weighted by Gasteiger charge is -2.25. The van der Waals surface area contributed by atoms with Crippen molar-refractivity contribution < 1.29 is 0 Å². The Morgan fingerprint density at radius 1 is 1.21 bits per heavy atom. The number of hydrogen-bond donors (Lipinski definition) is 0. The van der Waals surface area contributed by atoms with E-state index in [1.54, 1.807) is 0 Å². The van der Waals surface area contributed by atoms with Gasteiger partial charge in [0.05, 0.1) is 0 Å². The van der Waals surface area contributed by atoms with Crippen molar-refractivity contribution in [3.63, 3.8) is 0 Å². The van der Waals surface area contributed by atoms with Gasteiger partial charge in [0, 0.05) is 10.9 Å². The summed E-state index contributed by atoms with van der Waals surface area (Å²) in [5.74, 6) is 0.701. The highest BCUT2D eigenvalue weighted by molar-refractivity contribution is 6.30. The third kappa shape index (κ3) is 3.18. The Morgan fingerprint density at radius 3 is 2.21 bits per heavy atom. The Hall–Kier alpha value is -0.200. The minimum Gasteiger partial charge on any atom is -0.126 e. The fourth-order valence-electron chi connectivity index (χ4n) is 1.36. The molecule has 1 aromatic carbocycles. The van der Waals surface area contributed by atoms with Crippen LogP contribution in [-0.4, -0.2) is 5.88 Å². The Morgan fingerprint density at radius 2 is 1.79 bits per heavy atom. The van der Waals surface area contributed by atoms with Gasteiger partial charge in [0.2, 0.25) is 0 Å². The highest BCUT2D eigenvalue weighted by atomic mass is 35.5. The van der Waals surface area contributed by atoms with Crippen molar-refractivity contribution in [2.75, 3.05) is 5.88 Å². The van der Waals surface area contributed by atoms with Crippen LogP contribution in [-0.2, 0) is 6.42 Å². The van der Waals surface area contributed by atoms with E-state index in [1.807, 2.05) is 12.1 Å². The van der Waals surface area contributed by atoms with Crippen molar-refractivity contribution in [3.05, 3.63) is 34.9 Å². The summed E-state index contributed by atoms with van der Waals surface area (Å²) >= 11 is 11.8. The van der Waals surface area contributed by atoms with E-state index in [9.17, 15) is 0 Å². The molecule has 0 nitrogen and oxygen atoms in total. The second kappa shape index (κ2) is 5.04. The summed E-state index contributed by atoms with van der Waals surface area (Å²) in [6.07, 6.45) is 2.11. The number of alkyl halides is 1. The fraction of sp³-hybridized carbons (Fsp3) is 0.500. The molecule has 0 saturated heterocycles. The molecule has 0 aromatic heterocycles. The molecule has 0 N–H and O–H groups in total. The Balaban J connectivity index is 2.72. The molecule has 1 aromatic rings. The van der Waals surface area contributed by atoms with Crippen molar-refractivity contribution in [1.29, 1.82) is 0 Å². The van der Waals surface area contributed by atoms with E-state index < -0.39 is 0 Å². The fourth-order valence-corrected chi connectivity index (χ4v) is 1.77. The van der Waals surface area contributed by atoms with Gasteiger partial charge in [0.1, 0.15) is 0 Å². The minimum absolute atomic E-state index is 0.204. The molecule has 0 aliphatic heterocycles. The van der Waals surface area contributed by atoms with Gasteiger partial charge in [-0.2, -0.15) is 0 Å². The maximum absolute atomic E-state index is 5.96. The van der Waals surface area contributed by atoms with Crippen LogP contribution < -0.4 is 0 Å². The van der Waals surface area contributed by atoms with Crippen molar-refractivity contribution in [3.8, 4) is 0 Å². The topological polar surface area (TPSA) is 0 Å². The molecule has 0 fully saturated rings. The largest absolute Gasteiger partial charge is 0.126 e. The summed E-state index contributed by atoms with van der Waals surface area (Å²) in [5, 5.41) is 0.790. The second-order valence-corrected chi connectivity index (χ2v) is 4.80. The normalized spacial score (nSPS) is 15.1. The molecule has 0 amide bonds. The number of benzene rings is 1. The molecule has 1 unspecified atom stereocenters. The number of hydrogen-bond acceptors (Lipinski definition) is 0. The molecule has 1 atom stereocenters. The van der Waals surface area contributed by atoms with Crippen LogP contribution in [0, 0.1) is 5.41 Å². The third-order valence-electron chi connectivity index (χ3n) is 2.72. The van der Waals surface area contributed by atoms with Crippen LogP contribution in [0.25, 0.3) is 0 Å². The van der Waals surface area contributed by atoms with Gasteiger partial charge in [-0.15, -0.1) is 11.6 Å². The first-order valence-electron chi connectivity index (χ1n) is 4.90. The predicted molar refractivity (Wildman–Crippen MR) is 64.3 cm³/mol. The highest BCUT2D eigenvalue weighted by Gasteiger charge is 2.20. The predicted octanol–water partition coefficient (Wildman–Crippen LogP) is 4.54. The molecule has 0 heterocycles. The van der Waals surface area contributed by atoms with Gasteiger partial charge in [0.15, 0.2) is 0 Å². The molecule has 0 spiro atoms. The van der Waals surface area contributed by atoms with E-state index in [2.05, 4.69) is 26.0 Å². The summed E-state index contributed by atoms with van der Waals surface area (Å²) in [6, 6.07) is 8.01. The monoisotopic (exact) mass is 230 g/mol. The Kier molecular flexibility index (Phi) is 4.28. The molecule has 2 heteroatoms. The van der Waals surface area contributed by atoms with Gasteiger partial charge in [-0.05, 0) is 36.0 Å². The Labute approximate surface area is 96.2 Å². The zero-order valence-corrected chi connectivity index (χ0v) is 10.2. The van der Waals surface area contributed by atoms with Crippen LogP contribution in [0.4, 0.5) is 0 Å². The molecular weight excluding hydrogens is 215 g/mol. The first-order valence-corrected chi connectivity index (χ1v) is 5.81. The van der Waals surface area contributed by atoms with Gasteiger partial charge in [-0.1, -0.05) is 37.6 Å². The molecule has 78 valence electrons. The van der Waals surface area contributed by atoms with Crippen LogP contribution in [0.3, 0.4) is 0 Å². The zero-order valence-electron chi connectivity index (χ0n) is 8.69. The first-order chi connectivity index (χ1) is 6.59. The maximum atomic E-state index is 5.96.